The number of nitrogens with zero attached hydrogens (tertiary/aromatic N) is 1. The van der Waals surface area contributed by atoms with Gasteiger partial charge < -0.3 is 5.32 Å². The summed E-state index contributed by atoms with van der Waals surface area (Å²) >= 11 is 1.34. The number of hydrogen-bond donors (Lipinski definition) is 1. The van der Waals surface area contributed by atoms with Crippen LogP contribution in [0.4, 0.5) is 11.4 Å². The van der Waals surface area contributed by atoms with Crippen LogP contribution in [0.3, 0.4) is 0 Å². The van der Waals surface area contributed by atoms with Gasteiger partial charge in [-0.25, -0.2) is 0 Å². The minimum Gasteiger partial charge on any atom is -0.325 e. The van der Waals surface area contributed by atoms with Crippen molar-refractivity contribution in [2.24, 2.45) is 0 Å². The first-order valence-electron chi connectivity index (χ1n) is 6.70. The molecule has 0 aliphatic rings. The van der Waals surface area contributed by atoms with Crippen molar-refractivity contribution in [3.63, 3.8) is 0 Å². The summed E-state index contributed by atoms with van der Waals surface area (Å²) in [6.07, 6.45) is 0. The van der Waals surface area contributed by atoms with E-state index in [4.69, 9.17) is 0 Å². The highest BCUT2D eigenvalue weighted by molar-refractivity contribution is 8.00. The van der Waals surface area contributed by atoms with Crippen LogP contribution in [-0.2, 0) is 4.79 Å². The second-order valence-corrected chi connectivity index (χ2v) is 5.88. The van der Waals surface area contributed by atoms with Gasteiger partial charge >= 0.3 is 0 Å². The molecule has 0 saturated carbocycles. The summed E-state index contributed by atoms with van der Waals surface area (Å²) in [5, 5.41) is 13.5. The quantitative estimate of drug-likeness (QED) is 0.515. The lowest BCUT2D eigenvalue weighted by molar-refractivity contribution is -0.384. The van der Waals surface area contributed by atoms with E-state index in [0.29, 0.717) is 0 Å². The van der Waals surface area contributed by atoms with Crippen molar-refractivity contribution in [2.45, 2.75) is 18.7 Å². The highest BCUT2D eigenvalue weighted by Crippen LogP contribution is 2.22. The molecule has 2 aromatic rings. The molecule has 2 aromatic carbocycles. The zero-order valence-corrected chi connectivity index (χ0v) is 13.1. The van der Waals surface area contributed by atoms with Gasteiger partial charge in [-0.05, 0) is 43.2 Å². The smallest absolute Gasteiger partial charge is 0.269 e. The monoisotopic (exact) mass is 316 g/mol. The Labute approximate surface area is 132 Å². The van der Waals surface area contributed by atoms with Crippen molar-refractivity contribution in [3.8, 4) is 0 Å². The van der Waals surface area contributed by atoms with Gasteiger partial charge in [-0.1, -0.05) is 12.1 Å². The van der Waals surface area contributed by atoms with Crippen molar-refractivity contribution in [3.05, 3.63) is 63.7 Å². The average molecular weight is 316 g/mol. The summed E-state index contributed by atoms with van der Waals surface area (Å²) in [6, 6.07) is 11.9. The summed E-state index contributed by atoms with van der Waals surface area (Å²) in [5.41, 5.74) is 3.04. The molecule has 0 unspecified atom stereocenters. The van der Waals surface area contributed by atoms with Crippen LogP contribution in [0.15, 0.2) is 47.4 Å². The summed E-state index contributed by atoms with van der Waals surface area (Å²) in [5.74, 6) is 0.155. The molecule has 22 heavy (non-hydrogen) atoms. The normalized spacial score (nSPS) is 10.3. The fraction of sp³-hybridized carbons (Fsp3) is 0.188. The van der Waals surface area contributed by atoms with Crippen LogP contribution in [0.25, 0.3) is 0 Å². The molecule has 0 radical (unpaired) electrons. The van der Waals surface area contributed by atoms with Crippen LogP contribution in [-0.4, -0.2) is 16.6 Å². The van der Waals surface area contributed by atoms with E-state index < -0.39 is 4.92 Å². The standard InChI is InChI=1S/C16H16N2O3S/c1-11-4-3-5-15(12(11)2)17-16(19)10-22-14-8-6-13(7-9-14)18(20)21/h3-9H,10H2,1-2H3,(H,17,19). The molecular formula is C16H16N2O3S. The molecule has 0 bridgehead atoms. The van der Waals surface area contributed by atoms with Gasteiger partial charge in [0.05, 0.1) is 10.7 Å². The lowest BCUT2D eigenvalue weighted by Gasteiger charge is -2.10. The summed E-state index contributed by atoms with van der Waals surface area (Å²) in [6.45, 7) is 3.96. The van der Waals surface area contributed by atoms with Gasteiger partial charge in [0.1, 0.15) is 0 Å². The maximum absolute atomic E-state index is 12.0. The van der Waals surface area contributed by atoms with E-state index in [0.717, 1.165) is 21.7 Å². The molecular weight excluding hydrogens is 300 g/mol. The largest absolute Gasteiger partial charge is 0.325 e. The minimum atomic E-state index is -0.443. The molecule has 5 nitrogen and oxygen atoms in total. The topological polar surface area (TPSA) is 72.2 Å². The molecule has 0 fully saturated rings. The first-order chi connectivity index (χ1) is 10.5. The molecule has 0 atom stereocenters. The van der Waals surface area contributed by atoms with Crippen molar-refractivity contribution in [1.82, 2.24) is 0 Å². The second kappa shape index (κ2) is 7.09. The number of nitro groups is 1. The predicted molar refractivity (Wildman–Crippen MR) is 88.4 cm³/mol. The molecule has 1 N–H and O–H groups in total. The van der Waals surface area contributed by atoms with Crippen LogP contribution in [0.5, 0.6) is 0 Å². The number of thioether (sulfide) groups is 1. The molecule has 0 spiro atoms. The lowest BCUT2D eigenvalue weighted by Crippen LogP contribution is -2.15. The Morgan fingerprint density at radius 2 is 1.86 bits per heavy atom. The van der Waals surface area contributed by atoms with Gasteiger partial charge in [-0.15, -0.1) is 11.8 Å². The fourth-order valence-corrected chi connectivity index (χ4v) is 2.58. The van der Waals surface area contributed by atoms with E-state index in [1.54, 1.807) is 12.1 Å². The van der Waals surface area contributed by atoms with E-state index >= 15 is 0 Å². The van der Waals surface area contributed by atoms with Crippen LogP contribution >= 0.6 is 11.8 Å². The third-order valence-electron chi connectivity index (χ3n) is 3.30. The number of nitro benzene ring substituents is 1. The van der Waals surface area contributed by atoms with E-state index in [9.17, 15) is 14.9 Å². The Morgan fingerprint density at radius 3 is 2.50 bits per heavy atom. The molecule has 0 saturated heterocycles. The van der Waals surface area contributed by atoms with Gasteiger partial charge in [-0.2, -0.15) is 0 Å². The Morgan fingerprint density at radius 1 is 1.18 bits per heavy atom. The van der Waals surface area contributed by atoms with Gasteiger partial charge in [-0.3, -0.25) is 14.9 Å². The van der Waals surface area contributed by atoms with E-state index in [1.165, 1.54) is 23.9 Å². The third-order valence-corrected chi connectivity index (χ3v) is 4.31. The zero-order valence-electron chi connectivity index (χ0n) is 12.3. The van der Waals surface area contributed by atoms with E-state index in [1.807, 2.05) is 32.0 Å². The van der Waals surface area contributed by atoms with Crippen molar-refractivity contribution in [2.75, 3.05) is 11.1 Å². The molecule has 0 aromatic heterocycles. The highest BCUT2D eigenvalue weighted by Gasteiger charge is 2.08. The zero-order chi connectivity index (χ0) is 16.1. The van der Waals surface area contributed by atoms with Crippen LogP contribution in [0, 0.1) is 24.0 Å². The maximum atomic E-state index is 12.0. The Kier molecular flexibility index (Phi) is 5.16. The average Bonchev–Trinajstić information content (AvgIpc) is 2.50. The third kappa shape index (κ3) is 4.08. The number of rotatable bonds is 5. The predicted octanol–water partition coefficient (Wildman–Crippen LogP) is 3.94. The van der Waals surface area contributed by atoms with Gasteiger partial charge in [0.25, 0.3) is 5.69 Å². The van der Waals surface area contributed by atoms with Gasteiger partial charge in [0.2, 0.25) is 5.91 Å². The summed E-state index contributed by atoms with van der Waals surface area (Å²) < 4.78 is 0. The van der Waals surface area contributed by atoms with Gasteiger partial charge in [0.15, 0.2) is 0 Å². The molecule has 0 aliphatic carbocycles. The second-order valence-electron chi connectivity index (χ2n) is 4.84. The number of carbonyl (C=O) groups excluding carboxylic acids is 1. The Bertz CT molecular complexity index is 699. The number of aryl methyl sites for hydroxylation is 1. The number of non-ortho nitro benzene ring substituents is 1. The van der Waals surface area contributed by atoms with Crippen molar-refractivity contribution in [1.29, 1.82) is 0 Å². The minimum absolute atomic E-state index is 0.0455. The van der Waals surface area contributed by atoms with Crippen molar-refractivity contribution < 1.29 is 9.72 Å². The molecule has 0 heterocycles. The number of nitrogens with one attached hydrogen (secondary N) is 1. The summed E-state index contributed by atoms with van der Waals surface area (Å²) in [7, 11) is 0. The van der Waals surface area contributed by atoms with Crippen LogP contribution in [0.2, 0.25) is 0 Å². The van der Waals surface area contributed by atoms with Crippen LogP contribution in [0.1, 0.15) is 11.1 Å². The molecule has 6 heteroatoms. The fourth-order valence-electron chi connectivity index (χ4n) is 1.89. The molecule has 1 amide bonds. The number of hydrogen-bond acceptors (Lipinski definition) is 4. The number of amides is 1. The van der Waals surface area contributed by atoms with Crippen LogP contribution < -0.4 is 5.32 Å². The first-order valence-corrected chi connectivity index (χ1v) is 7.69. The first kappa shape index (κ1) is 16.0. The Balaban J connectivity index is 1.92. The lowest BCUT2D eigenvalue weighted by atomic mass is 10.1. The number of benzene rings is 2. The van der Waals surface area contributed by atoms with Gasteiger partial charge in [0, 0.05) is 22.7 Å². The molecule has 114 valence electrons. The van der Waals surface area contributed by atoms with E-state index in [-0.39, 0.29) is 17.3 Å². The molecule has 0 aliphatic heterocycles. The SMILES string of the molecule is Cc1cccc(NC(=O)CSc2ccc([N+](=O)[O-])cc2)c1C. The van der Waals surface area contributed by atoms with Crippen molar-refractivity contribution >= 4 is 29.0 Å². The molecule has 2 rings (SSSR count). The maximum Gasteiger partial charge on any atom is 0.269 e. The number of carbonyl (C=O) groups is 1. The number of anilines is 1. The summed E-state index contributed by atoms with van der Waals surface area (Å²) in [4.78, 5) is 22.9. The Hall–Kier alpha value is -2.34. The van der Waals surface area contributed by atoms with E-state index in [2.05, 4.69) is 5.32 Å². The highest BCUT2D eigenvalue weighted by atomic mass is 32.2.